The van der Waals surface area contributed by atoms with Gasteiger partial charge in [-0.15, -0.1) is 0 Å². The van der Waals surface area contributed by atoms with Gasteiger partial charge in [-0.3, -0.25) is 4.79 Å². The van der Waals surface area contributed by atoms with Gasteiger partial charge in [0.15, 0.2) is 0 Å². The number of halogens is 2. The highest BCUT2D eigenvalue weighted by atomic mass is 127. The minimum Gasteiger partial charge on any atom is -0.481 e. The van der Waals surface area contributed by atoms with Crippen LogP contribution in [0.3, 0.4) is 0 Å². The van der Waals surface area contributed by atoms with E-state index in [4.69, 9.17) is 5.11 Å². The summed E-state index contributed by atoms with van der Waals surface area (Å²) in [6.07, 6.45) is -0.0564. The van der Waals surface area contributed by atoms with E-state index in [-0.39, 0.29) is 19.0 Å². The molecule has 0 spiro atoms. The van der Waals surface area contributed by atoms with Gasteiger partial charge in [0.2, 0.25) is 0 Å². The maximum Gasteiger partial charge on any atom is 0.321 e. The number of benzene rings is 1. The second kappa shape index (κ2) is 7.68. The smallest absolute Gasteiger partial charge is 0.321 e. The van der Waals surface area contributed by atoms with Crippen LogP contribution in [0, 0.1) is 3.57 Å². The number of aliphatic carboxylic acids is 1. The van der Waals surface area contributed by atoms with Crippen LogP contribution in [0.1, 0.15) is 13.3 Å². The number of carbonyl (C=O) groups excluding carboxylic acids is 1. The van der Waals surface area contributed by atoms with Crippen molar-refractivity contribution in [1.29, 1.82) is 0 Å². The summed E-state index contributed by atoms with van der Waals surface area (Å²) in [5.74, 6) is -0.913. The number of nitrogens with zero attached hydrogens (tertiary/aromatic N) is 1. The van der Waals surface area contributed by atoms with Crippen molar-refractivity contribution in [2.24, 2.45) is 0 Å². The lowest BCUT2D eigenvalue weighted by Gasteiger charge is -2.20. The Morgan fingerprint density at radius 1 is 1.47 bits per heavy atom. The molecule has 0 fully saturated rings. The predicted molar refractivity (Wildman–Crippen MR) is 85.4 cm³/mol. The predicted octanol–water partition coefficient (Wildman–Crippen LogP) is 3.38. The molecule has 0 aliphatic heterocycles. The number of carboxylic acid groups (broad SMARTS) is 1. The van der Waals surface area contributed by atoms with E-state index in [1.54, 1.807) is 6.07 Å². The third-order valence-electron chi connectivity index (χ3n) is 2.44. The molecule has 0 saturated carbocycles. The summed E-state index contributed by atoms with van der Waals surface area (Å²) in [5.41, 5.74) is 0.686. The number of nitrogens with one attached hydrogen (secondary N) is 1. The molecule has 0 aromatic heterocycles. The van der Waals surface area contributed by atoms with Gasteiger partial charge in [0.1, 0.15) is 0 Å². The Morgan fingerprint density at radius 2 is 2.16 bits per heavy atom. The summed E-state index contributed by atoms with van der Waals surface area (Å²) < 4.78 is 1.95. The molecule has 2 N–H and O–H groups in total. The van der Waals surface area contributed by atoms with Gasteiger partial charge in [-0.1, -0.05) is 0 Å². The largest absolute Gasteiger partial charge is 0.481 e. The summed E-state index contributed by atoms with van der Waals surface area (Å²) in [7, 11) is 0. The first-order valence-corrected chi connectivity index (χ1v) is 7.54. The van der Waals surface area contributed by atoms with Crippen molar-refractivity contribution in [2.75, 3.05) is 18.4 Å². The van der Waals surface area contributed by atoms with Crippen LogP contribution >= 0.6 is 38.5 Å². The van der Waals surface area contributed by atoms with E-state index in [1.807, 2.05) is 19.1 Å². The SMILES string of the molecule is CCN(CCC(=O)O)C(=O)Nc1ccc(Br)c(I)c1. The molecule has 0 radical (unpaired) electrons. The standard InChI is InChI=1S/C12H14BrIN2O3/c1-2-16(6-5-11(17)18)12(19)15-8-3-4-9(13)10(14)7-8/h3-4,7H,2,5-6H2,1H3,(H,15,19)(H,17,18). The molecule has 5 nitrogen and oxygen atoms in total. The third-order valence-corrected chi connectivity index (χ3v) is 4.76. The van der Waals surface area contributed by atoms with E-state index < -0.39 is 5.97 Å². The Hall–Kier alpha value is -0.830. The molecule has 1 aromatic rings. The number of amides is 2. The lowest BCUT2D eigenvalue weighted by molar-refractivity contribution is -0.137. The molecular weight excluding hydrogens is 427 g/mol. The molecule has 0 aliphatic carbocycles. The van der Waals surface area contributed by atoms with E-state index in [2.05, 4.69) is 43.8 Å². The van der Waals surface area contributed by atoms with Crippen molar-refractivity contribution >= 4 is 56.2 Å². The van der Waals surface area contributed by atoms with E-state index in [9.17, 15) is 9.59 Å². The van der Waals surface area contributed by atoms with E-state index in [1.165, 1.54) is 4.90 Å². The van der Waals surface area contributed by atoms with Crippen molar-refractivity contribution in [3.63, 3.8) is 0 Å². The Kier molecular flexibility index (Phi) is 6.56. The number of hydrogen-bond donors (Lipinski definition) is 2. The van der Waals surface area contributed by atoms with Crippen molar-refractivity contribution in [3.05, 3.63) is 26.2 Å². The molecule has 1 aromatic carbocycles. The fourth-order valence-corrected chi connectivity index (χ4v) is 2.17. The summed E-state index contributed by atoms with van der Waals surface area (Å²) in [4.78, 5) is 23.9. The topological polar surface area (TPSA) is 69.6 Å². The number of rotatable bonds is 5. The monoisotopic (exact) mass is 440 g/mol. The van der Waals surface area contributed by atoms with Crippen LogP contribution in [0.5, 0.6) is 0 Å². The van der Waals surface area contributed by atoms with Gasteiger partial charge in [-0.2, -0.15) is 0 Å². The Bertz CT molecular complexity index is 482. The summed E-state index contributed by atoms with van der Waals surface area (Å²) in [5, 5.41) is 11.4. The van der Waals surface area contributed by atoms with Gasteiger partial charge >= 0.3 is 12.0 Å². The van der Waals surface area contributed by atoms with Crippen LogP contribution in [-0.2, 0) is 4.79 Å². The third kappa shape index (κ3) is 5.35. The van der Waals surface area contributed by atoms with Crippen molar-refractivity contribution in [2.45, 2.75) is 13.3 Å². The average molecular weight is 441 g/mol. The molecule has 0 saturated heterocycles. The summed E-state index contributed by atoms with van der Waals surface area (Å²) in [6.45, 7) is 2.48. The highest BCUT2D eigenvalue weighted by molar-refractivity contribution is 14.1. The summed E-state index contributed by atoms with van der Waals surface area (Å²) >= 11 is 5.54. The second-order valence-electron chi connectivity index (χ2n) is 3.78. The number of anilines is 1. The maximum absolute atomic E-state index is 12.0. The molecule has 0 unspecified atom stereocenters. The van der Waals surface area contributed by atoms with Gasteiger partial charge in [0.25, 0.3) is 0 Å². The quantitative estimate of drug-likeness (QED) is 0.689. The normalized spacial score (nSPS) is 10.1. The van der Waals surface area contributed by atoms with Crippen LogP contribution in [0.15, 0.2) is 22.7 Å². The average Bonchev–Trinajstić information content (AvgIpc) is 2.34. The minimum absolute atomic E-state index is 0.0564. The molecule has 7 heteroatoms. The van der Waals surface area contributed by atoms with Crippen LogP contribution in [-0.4, -0.2) is 35.1 Å². The van der Waals surface area contributed by atoms with Gasteiger partial charge in [-0.25, -0.2) is 4.79 Å². The molecule has 0 aliphatic rings. The van der Waals surface area contributed by atoms with Gasteiger partial charge < -0.3 is 15.3 Å². The zero-order chi connectivity index (χ0) is 14.4. The fraction of sp³-hybridized carbons (Fsp3) is 0.333. The maximum atomic E-state index is 12.0. The zero-order valence-corrected chi connectivity index (χ0v) is 14.1. The van der Waals surface area contributed by atoms with Crippen molar-refractivity contribution < 1.29 is 14.7 Å². The number of hydrogen-bond acceptors (Lipinski definition) is 2. The molecule has 0 atom stereocenters. The first kappa shape index (κ1) is 16.2. The number of carboxylic acids is 1. The van der Waals surface area contributed by atoms with Crippen molar-refractivity contribution in [1.82, 2.24) is 4.90 Å². The lowest BCUT2D eigenvalue weighted by Crippen LogP contribution is -2.36. The van der Waals surface area contributed by atoms with Crippen LogP contribution in [0.25, 0.3) is 0 Å². The van der Waals surface area contributed by atoms with Crippen molar-refractivity contribution in [3.8, 4) is 0 Å². The van der Waals surface area contributed by atoms with Crippen LogP contribution in [0.4, 0.5) is 10.5 Å². The van der Waals surface area contributed by atoms with Gasteiger partial charge in [-0.05, 0) is 63.6 Å². The van der Waals surface area contributed by atoms with E-state index in [0.717, 1.165) is 8.04 Å². The minimum atomic E-state index is -0.913. The molecule has 1 rings (SSSR count). The zero-order valence-electron chi connectivity index (χ0n) is 10.3. The second-order valence-corrected chi connectivity index (χ2v) is 5.80. The molecule has 19 heavy (non-hydrogen) atoms. The molecule has 0 bridgehead atoms. The molecular formula is C12H14BrIN2O3. The number of urea groups is 1. The van der Waals surface area contributed by atoms with Crippen LogP contribution in [0.2, 0.25) is 0 Å². The number of carbonyl (C=O) groups is 2. The van der Waals surface area contributed by atoms with E-state index >= 15 is 0 Å². The summed E-state index contributed by atoms with van der Waals surface area (Å²) in [6, 6.07) is 5.19. The Labute approximate surface area is 133 Å². The Morgan fingerprint density at radius 3 is 2.68 bits per heavy atom. The lowest BCUT2D eigenvalue weighted by atomic mass is 10.3. The fourth-order valence-electron chi connectivity index (χ4n) is 1.41. The Balaban J connectivity index is 2.65. The van der Waals surface area contributed by atoms with Crippen LogP contribution < -0.4 is 5.32 Å². The van der Waals surface area contributed by atoms with E-state index in [0.29, 0.717) is 12.2 Å². The first-order valence-electron chi connectivity index (χ1n) is 5.66. The first-order chi connectivity index (χ1) is 8.93. The van der Waals surface area contributed by atoms with Gasteiger partial charge in [0.05, 0.1) is 6.42 Å². The molecule has 104 valence electrons. The molecule has 0 heterocycles. The highest BCUT2D eigenvalue weighted by Crippen LogP contribution is 2.22. The highest BCUT2D eigenvalue weighted by Gasteiger charge is 2.13. The molecule has 2 amide bonds. The van der Waals surface area contributed by atoms with Gasteiger partial charge in [0, 0.05) is 26.8 Å².